The molecule has 114 valence electrons. The molecule has 1 aromatic carbocycles. The van der Waals surface area contributed by atoms with Gasteiger partial charge in [0.05, 0.1) is 7.11 Å². The quantitative estimate of drug-likeness (QED) is 0.849. The van der Waals surface area contributed by atoms with Crippen LogP contribution in [0.4, 0.5) is 5.82 Å². The first-order chi connectivity index (χ1) is 10.2. The van der Waals surface area contributed by atoms with Gasteiger partial charge in [0.1, 0.15) is 11.6 Å². The molecule has 0 spiro atoms. The Labute approximate surface area is 127 Å². The molecule has 0 fully saturated rings. The van der Waals surface area contributed by atoms with Crippen LogP contribution in [0.3, 0.4) is 0 Å². The fourth-order valence-corrected chi connectivity index (χ4v) is 2.42. The summed E-state index contributed by atoms with van der Waals surface area (Å²) in [6, 6.07) is 8.68. The predicted octanol–water partition coefficient (Wildman–Crippen LogP) is 3.07. The summed E-state index contributed by atoms with van der Waals surface area (Å²) in [6.07, 6.45) is 1.87. The van der Waals surface area contributed by atoms with E-state index in [0.29, 0.717) is 6.04 Å². The number of nitrogens with zero attached hydrogens (tertiary/aromatic N) is 2. The summed E-state index contributed by atoms with van der Waals surface area (Å²) >= 11 is 0. The molecule has 0 atom stereocenters. The highest BCUT2D eigenvalue weighted by atomic mass is 16.5. The average molecular weight is 287 g/mol. The van der Waals surface area contributed by atoms with Crippen LogP contribution in [0.2, 0.25) is 0 Å². The number of rotatable bonds is 7. The normalized spacial score (nSPS) is 11.1. The molecule has 2 rings (SSSR count). The number of fused-ring (bicyclic) bond motifs is 1. The van der Waals surface area contributed by atoms with Crippen molar-refractivity contribution >= 4 is 16.6 Å². The van der Waals surface area contributed by atoms with E-state index >= 15 is 0 Å². The Balaban J connectivity index is 2.26. The van der Waals surface area contributed by atoms with Gasteiger partial charge in [-0.3, -0.25) is 0 Å². The van der Waals surface area contributed by atoms with Crippen LogP contribution >= 0.6 is 0 Å². The maximum Gasteiger partial charge on any atom is 0.136 e. The zero-order chi connectivity index (χ0) is 15.2. The van der Waals surface area contributed by atoms with Crippen molar-refractivity contribution in [3.63, 3.8) is 0 Å². The van der Waals surface area contributed by atoms with E-state index in [9.17, 15) is 0 Å². The summed E-state index contributed by atoms with van der Waals surface area (Å²) in [5.74, 6) is 1.92. The summed E-state index contributed by atoms with van der Waals surface area (Å²) in [6.45, 7) is 9.35. The molecule has 0 saturated carbocycles. The fourth-order valence-electron chi connectivity index (χ4n) is 2.42. The predicted molar refractivity (Wildman–Crippen MR) is 89.3 cm³/mol. The van der Waals surface area contributed by atoms with Crippen molar-refractivity contribution in [3.8, 4) is 5.75 Å². The minimum atomic E-state index is 0.508. The van der Waals surface area contributed by atoms with E-state index in [1.54, 1.807) is 7.11 Å². The Morgan fingerprint density at radius 2 is 2.10 bits per heavy atom. The molecule has 0 aliphatic heterocycles. The molecule has 1 aromatic heterocycles. The molecular weight excluding hydrogens is 262 g/mol. The maximum absolute atomic E-state index is 5.30. The molecule has 4 nitrogen and oxygen atoms in total. The van der Waals surface area contributed by atoms with Crippen LogP contribution in [-0.4, -0.2) is 37.8 Å². The Kier molecular flexibility index (Phi) is 5.39. The van der Waals surface area contributed by atoms with Crippen LogP contribution in [-0.2, 0) is 0 Å². The second kappa shape index (κ2) is 7.27. The minimum Gasteiger partial charge on any atom is -0.497 e. The van der Waals surface area contributed by atoms with E-state index in [1.165, 1.54) is 5.39 Å². The number of likely N-dealkylation sites (N-methyl/N-ethyl adjacent to an activating group) is 1. The van der Waals surface area contributed by atoms with Crippen molar-refractivity contribution < 1.29 is 4.74 Å². The maximum atomic E-state index is 5.30. The van der Waals surface area contributed by atoms with Crippen molar-refractivity contribution in [1.29, 1.82) is 0 Å². The lowest BCUT2D eigenvalue weighted by Crippen LogP contribution is -2.35. The minimum absolute atomic E-state index is 0.508. The van der Waals surface area contributed by atoms with Crippen molar-refractivity contribution in [2.24, 2.45) is 0 Å². The molecule has 21 heavy (non-hydrogen) atoms. The topological polar surface area (TPSA) is 37.4 Å². The number of aromatic nitrogens is 1. The Bertz CT molecular complexity index is 583. The Morgan fingerprint density at radius 3 is 2.76 bits per heavy atom. The second-order valence-corrected chi connectivity index (χ2v) is 5.41. The molecule has 2 aromatic rings. The zero-order valence-electron chi connectivity index (χ0n) is 13.4. The van der Waals surface area contributed by atoms with Crippen LogP contribution in [0.15, 0.2) is 30.5 Å². The number of ether oxygens (including phenoxy) is 1. The molecule has 0 radical (unpaired) electrons. The first-order valence-corrected chi connectivity index (χ1v) is 7.56. The van der Waals surface area contributed by atoms with Crippen LogP contribution in [0.25, 0.3) is 10.8 Å². The van der Waals surface area contributed by atoms with E-state index in [4.69, 9.17) is 4.74 Å². The molecule has 0 bridgehead atoms. The highest BCUT2D eigenvalue weighted by Gasteiger charge is 2.10. The smallest absolute Gasteiger partial charge is 0.136 e. The van der Waals surface area contributed by atoms with Gasteiger partial charge < -0.3 is 15.0 Å². The van der Waals surface area contributed by atoms with E-state index in [-0.39, 0.29) is 0 Å². The lowest BCUT2D eigenvalue weighted by Gasteiger charge is -2.24. The molecule has 4 heteroatoms. The molecule has 0 aliphatic carbocycles. The number of benzene rings is 1. The lowest BCUT2D eigenvalue weighted by atomic mass is 10.1. The van der Waals surface area contributed by atoms with Gasteiger partial charge in [-0.15, -0.1) is 0 Å². The molecule has 1 N–H and O–H groups in total. The van der Waals surface area contributed by atoms with Gasteiger partial charge in [0.2, 0.25) is 0 Å². The van der Waals surface area contributed by atoms with Gasteiger partial charge in [-0.05, 0) is 36.6 Å². The summed E-state index contributed by atoms with van der Waals surface area (Å²) < 4.78 is 5.30. The van der Waals surface area contributed by atoms with E-state index in [2.05, 4.69) is 48.1 Å². The van der Waals surface area contributed by atoms with Crippen molar-refractivity contribution in [3.05, 3.63) is 30.5 Å². The summed E-state index contributed by atoms with van der Waals surface area (Å²) in [5.41, 5.74) is 0. The standard InChI is InChI=1S/C17H25N3O/c1-5-20(11-10-18-13(2)3)17-16-7-6-15(21-4)12-14(16)8-9-19-17/h6-9,12-13,18H,5,10-11H2,1-4H3. The number of pyridine rings is 1. The first-order valence-electron chi connectivity index (χ1n) is 7.56. The number of hydrogen-bond donors (Lipinski definition) is 1. The number of anilines is 1. The molecule has 0 aliphatic rings. The van der Waals surface area contributed by atoms with Crippen LogP contribution in [0, 0.1) is 0 Å². The van der Waals surface area contributed by atoms with Gasteiger partial charge >= 0.3 is 0 Å². The SMILES string of the molecule is CCN(CCNC(C)C)c1nccc2cc(OC)ccc12. The van der Waals surface area contributed by atoms with Crippen molar-refractivity contribution in [2.75, 3.05) is 31.6 Å². The van der Waals surface area contributed by atoms with Gasteiger partial charge in [-0.25, -0.2) is 4.98 Å². The zero-order valence-corrected chi connectivity index (χ0v) is 13.4. The van der Waals surface area contributed by atoms with Gasteiger partial charge in [-0.1, -0.05) is 13.8 Å². The fraction of sp³-hybridized carbons (Fsp3) is 0.471. The van der Waals surface area contributed by atoms with Gasteiger partial charge in [0.25, 0.3) is 0 Å². The van der Waals surface area contributed by atoms with Crippen LogP contribution in [0.5, 0.6) is 5.75 Å². The largest absolute Gasteiger partial charge is 0.497 e. The average Bonchev–Trinajstić information content (AvgIpc) is 2.50. The number of methoxy groups -OCH3 is 1. The third-order valence-electron chi connectivity index (χ3n) is 3.57. The monoisotopic (exact) mass is 287 g/mol. The third kappa shape index (κ3) is 3.85. The third-order valence-corrected chi connectivity index (χ3v) is 3.57. The van der Waals surface area contributed by atoms with Gasteiger partial charge in [-0.2, -0.15) is 0 Å². The Morgan fingerprint density at radius 1 is 1.29 bits per heavy atom. The molecular formula is C17H25N3O. The van der Waals surface area contributed by atoms with E-state index in [1.807, 2.05) is 18.3 Å². The van der Waals surface area contributed by atoms with Crippen LogP contribution < -0.4 is 15.0 Å². The number of nitrogens with one attached hydrogen (secondary N) is 1. The summed E-state index contributed by atoms with van der Waals surface area (Å²) in [5, 5.41) is 5.79. The van der Waals surface area contributed by atoms with Gasteiger partial charge in [0, 0.05) is 37.3 Å². The highest BCUT2D eigenvalue weighted by molar-refractivity contribution is 5.93. The van der Waals surface area contributed by atoms with Crippen molar-refractivity contribution in [2.45, 2.75) is 26.8 Å². The summed E-state index contributed by atoms with van der Waals surface area (Å²) in [4.78, 5) is 6.90. The van der Waals surface area contributed by atoms with E-state index < -0.39 is 0 Å². The molecule has 0 unspecified atom stereocenters. The molecule has 1 heterocycles. The summed E-state index contributed by atoms with van der Waals surface area (Å²) in [7, 11) is 1.69. The molecule has 0 amide bonds. The Hall–Kier alpha value is -1.81. The lowest BCUT2D eigenvalue weighted by molar-refractivity contribution is 0.415. The van der Waals surface area contributed by atoms with Crippen LogP contribution in [0.1, 0.15) is 20.8 Å². The number of hydrogen-bond acceptors (Lipinski definition) is 4. The first kappa shape index (κ1) is 15.6. The molecule has 0 saturated heterocycles. The van der Waals surface area contributed by atoms with E-state index in [0.717, 1.165) is 36.6 Å². The second-order valence-electron chi connectivity index (χ2n) is 5.41. The highest BCUT2D eigenvalue weighted by Crippen LogP contribution is 2.27. The van der Waals surface area contributed by atoms with Crippen molar-refractivity contribution in [1.82, 2.24) is 10.3 Å². The van der Waals surface area contributed by atoms with Gasteiger partial charge in [0.15, 0.2) is 0 Å².